The molecule has 1 atom stereocenters. The third kappa shape index (κ3) is 3.00. The SMILES string of the molecule is Cc1nc(N2CCCC(c3nncn3C(C)C)C2)c2c3c(sc2n1)CCCC3. The topological polar surface area (TPSA) is 59.7 Å². The Balaban J connectivity index is 1.54. The zero-order chi connectivity index (χ0) is 19.3. The molecule has 4 heterocycles. The second-order valence-corrected chi connectivity index (χ2v) is 9.54. The largest absolute Gasteiger partial charge is 0.355 e. The molecule has 0 amide bonds. The van der Waals surface area contributed by atoms with E-state index < -0.39 is 0 Å². The predicted molar refractivity (Wildman–Crippen MR) is 113 cm³/mol. The fourth-order valence-electron chi connectivity index (χ4n) is 4.79. The van der Waals surface area contributed by atoms with E-state index in [2.05, 4.69) is 33.5 Å². The van der Waals surface area contributed by atoms with Crippen LogP contribution in [0.2, 0.25) is 0 Å². The summed E-state index contributed by atoms with van der Waals surface area (Å²) in [6.07, 6.45) is 9.16. The first kappa shape index (κ1) is 18.0. The van der Waals surface area contributed by atoms with Crippen molar-refractivity contribution in [3.63, 3.8) is 0 Å². The van der Waals surface area contributed by atoms with Crippen LogP contribution in [-0.4, -0.2) is 37.8 Å². The molecular formula is C21H28N6S. The summed E-state index contributed by atoms with van der Waals surface area (Å²) >= 11 is 1.89. The minimum atomic E-state index is 0.386. The lowest BCUT2D eigenvalue weighted by Crippen LogP contribution is -2.36. The van der Waals surface area contributed by atoms with Gasteiger partial charge in [-0.05, 0) is 64.9 Å². The van der Waals surface area contributed by atoms with Crippen LogP contribution < -0.4 is 4.90 Å². The minimum absolute atomic E-state index is 0.386. The van der Waals surface area contributed by atoms with E-state index in [4.69, 9.17) is 9.97 Å². The van der Waals surface area contributed by atoms with Crippen LogP contribution in [0, 0.1) is 6.92 Å². The molecule has 3 aromatic rings. The van der Waals surface area contributed by atoms with Crippen LogP contribution in [0.3, 0.4) is 0 Å². The fourth-order valence-corrected chi connectivity index (χ4v) is 6.09. The molecule has 148 valence electrons. The molecule has 0 radical (unpaired) electrons. The zero-order valence-electron chi connectivity index (χ0n) is 17.0. The number of fused-ring (bicyclic) bond motifs is 3. The standard InChI is InChI=1S/C21H28N6S/c1-13(2)27-12-22-25-19(27)15-7-6-10-26(11-15)20-18-16-8-4-5-9-17(16)28-21(18)24-14(3)23-20/h12-13,15H,4-11H2,1-3H3. The van der Waals surface area contributed by atoms with Crippen molar-refractivity contribution < 1.29 is 0 Å². The second kappa shape index (κ2) is 7.10. The maximum atomic E-state index is 4.96. The quantitative estimate of drug-likeness (QED) is 0.655. The molecular weight excluding hydrogens is 368 g/mol. The molecule has 1 aliphatic carbocycles. The van der Waals surface area contributed by atoms with Crippen LogP contribution in [0.1, 0.15) is 73.6 Å². The van der Waals surface area contributed by atoms with Gasteiger partial charge in [-0.25, -0.2) is 9.97 Å². The van der Waals surface area contributed by atoms with Crippen molar-refractivity contribution in [2.24, 2.45) is 0 Å². The van der Waals surface area contributed by atoms with Crippen molar-refractivity contribution in [1.29, 1.82) is 0 Å². The van der Waals surface area contributed by atoms with Crippen LogP contribution >= 0.6 is 11.3 Å². The van der Waals surface area contributed by atoms with Crippen molar-refractivity contribution in [2.45, 2.75) is 71.3 Å². The van der Waals surface area contributed by atoms with Crippen molar-refractivity contribution in [3.05, 3.63) is 28.4 Å². The lowest BCUT2D eigenvalue weighted by molar-refractivity contribution is 0.453. The molecule has 1 unspecified atom stereocenters. The van der Waals surface area contributed by atoms with Crippen molar-refractivity contribution in [3.8, 4) is 0 Å². The highest BCUT2D eigenvalue weighted by molar-refractivity contribution is 7.19. The maximum absolute atomic E-state index is 4.96. The Morgan fingerprint density at radius 1 is 1.14 bits per heavy atom. The Morgan fingerprint density at radius 2 is 2.00 bits per heavy atom. The van der Waals surface area contributed by atoms with Gasteiger partial charge >= 0.3 is 0 Å². The van der Waals surface area contributed by atoms with Crippen LogP contribution in [0.5, 0.6) is 0 Å². The average Bonchev–Trinajstić information content (AvgIpc) is 3.32. The van der Waals surface area contributed by atoms with Crippen LogP contribution in [-0.2, 0) is 12.8 Å². The summed E-state index contributed by atoms with van der Waals surface area (Å²) in [5.74, 6) is 3.56. The smallest absolute Gasteiger partial charge is 0.141 e. The van der Waals surface area contributed by atoms with Crippen LogP contribution in [0.25, 0.3) is 10.2 Å². The molecule has 2 aliphatic rings. The molecule has 5 rings (SSSR count). The number of rotatable bonds is 3. The Morgan fingerprint density at radius 3 is 2.86 bits per heavy atom. The number of hydrogen-bond donors (Lipinski definition) is 0. The highest BCUT2D eigenvalue weighted by Gasteiger charge is 2.29. The molecule has 3 aromatic heterocycles. The average molecular weight is 397 g/mol. The van der Waals surface area contributed by atoms with Crippen molar-refractivity contribution in [1.82, 2.24) is 24.7 Å². The van der Waals surface area contributed by atoms with E-state index in [0.717, 1.165) is 43.4 Å². The molecule has 28 heavy (non-hydrogen) atoms. The highest BCUT2D eigenvalue weighted by Crippen LogP contribution is 2.41. The first-order chi connectivity index (χ1) is 13.6. The number of nitrogens with zero attached hydrogens (tertiary/aromatic N) is 6. The van der Waals surface area contributed by atoms with E-state index >= 15 is 0 Å². The first-order valence-electron chi connectivity index (χ1n) is 10.5. The van der Waals surface area contributed by atoms with Gasteiger partial charge < -0.3 is 9.47 Å². The number of piperidine rings is 1. The predicted octanol–water partition coefficient (Wildman–Crippen LogP) is 4.43. The molecule has 0 spiro atoms. The lowest BCUT2D eigenvalue weighted by atomic mass is 9.94. The van der Waals surface area contributed by atoms with E-state index in [1.807, 2.05) is 24.6 Å². The Bertz CT molecular complexity index is 1000. The van der Waals surface area contributed by atoms with Gasteiger partial charge in [-0.3, -0.25) is 0 Å². The normalized spacial score (nSPS) is 20.1. The molecule has 1 saturated heterocycles. The third-order valence-corrected chi connectivity index (χ3v) is 7.34. The van der Waals surface area contributed by atoms with Gasteiger partial charge in [0.1, 0.15) is 28.6 Å². The van der Waals surface area contributed by atoms with Gasteiger partial charge in [0.05, 0.1) is 5.39 Å². The summed E-state index contributed by atoms with van der Waals surface area (Å²) in [7, 11) is 0. The van der Waals surface area contributed by atoms with Gasteiger partial charge in [0.25, 0.3) is 0 Å². The molecule has 1 aliphatic heterocycles. The highest BCUT2D eigenvalue weighted by atomic mass is 32.1. The van der Waals surface area contributed by atoms with Crippen molar-refractivity contribution in [2.75, 3.05) is 18.0 Å². The maximum Gasteiger partial charge on any atom is 0.141 e. The molecule has 1 fully saturated rings. The van der Waals surface area contributed by atoms with Gasteiger partial charge in [0, 0.05) is 29.9 Å². The second-order valence-electron chi connectivity index (χ2n) is 8.46. The Labute approximate surface area is 170 Å². The van der Waals surface area contributed by atoms with Crippen LogP contribution in [0.15, 0.2) is 6.33 Å². The zero-order valence-corrected chi connectivity index (χ0v) is 17.8. The van der Waals surface area contributed by atoms with Gasteiger partial charge in [0.2, 0.25) is 0 Å². The monoisotopic (exact) mass is 396 g/mol. The first-order valence-corrected chi connectivity index (χ1v) is 11.4. The molecule has 6 nitrogen and oxygen atoms in total. The lowest BCUT2D eigenvalue weighted by Gasteiger charge is -2.34. The number of aromatic nitrogens is 5. The Kier molecular flexibility index (Phi) is 4.57. The number of aryl methyl sites for hydroxylation is 3. The summed E-state index contributed by atoms with van der Waals surface area (Å²) in [5, 5.41) is 10.0. The van der Waals surface area contributed by atoms with Gasteiger partial charge in [-0.2, -0.15) is 0 Å². The van der Waals surface area contributed by atoms with Crippen LogP contribution in [0.4, 0.5) is 5.82 Å². The van der Waals surface area contributed by atoms with Gasteiger partial charge in [0.15, 0.2) is 0 Å². The molecule has 0 bridgehead atoms. The van der Waals surface area contributed by atoms with E-state index in [-0.39, 0.29) is 0 Å². The number of thiophene rings is 1. The van der Waals surface area contributed by atoms with E-state index in [9.17, 15) is 0 Å². The third-order valence-electron chi connectivity index (χ3n) is 6.15. The van der Waals surface area contributed by atoms with E-state index in [1.165, 1.54) is 46.3 Å². The summed E-state index contributed by atoms with van der Waals surface area (Å²) in [6, 6.07) is 0.386. The summed E-state index contributed by atoms with van der Waals surface area (Å²) < 4.78 is 2.22. The molecule has 0 saturated carbocycles. The van der Waals surface area contributed by atoms with E-state index in [1.54, 1.807) is 0 Å². The van der Waals surface area contributed by atoms with Gasteiger partial charge in [-0.1, -0.05) is 0 Å². The molecule has 0 aromatic carbocycles. The fraction of sp³-hybridized carbons (Fsp3) is 0.619. The summed E-state index contributed by atoms with van der Waals surface area (Å²) in [5.41, 5.74) is 1.52. The minimum Gasteiger partial charge on any atom is -0.355 e. The summed E-state index contributed by atoms with van der Waals surface area (Å²) in [4.78, 5) is 15.0. The summed E-state index contributed by atoms with van der Waals surface area (Å²) in [6.45, 7) is 8.44. The van der Waals surface area contributed by atoms with Crippen molar-refractivity contribution >= 4 is 27.4 Å². The van der Waals surface area contributed by atoms with Gasteiger partial charge in [-0.15, -0.1) is 21.5 Å². The number of hydrogen-bond acceptors (Lipinski definition) is 6. The molecule has 0 N–H and O–H groups in total. The molecule has 7 heteroatoms. The van der Waals surface area contributed by atoms with E-state index in [0.29, 0.717) is 12.0 Å². The Hall–Kier alpha value is -2.02. The number of anilines is 1.